The predicted octanol–water partition coefficient (Wildman–Crippen LogP) is 3.11. The summed E-state index contributed by atoms with van der Waals surface area (Å²) < 4.78 is 17.8. The largest absolute Gasteiger partial charge is 0.496 e. The molecule has 1 unspecified atom stereocenters. The molecule has 4 nitrogen and oxygen atoms in total. The lowest BCUT2D eigenvalue weighted by Crippen LogP contribution is -2.03. The first-order valence-electron chi connectivity index (χ1n) is 6.06. The van der Waals surface area contributed by atoms with Gasteiger partial charge in [0, 0.05) is 11.3 Å². The molecule has 0 aliphatic rings. The Kier molecular flexibility index (Phi) is 4.84. The Bertz CT molecular complexity index is 721. The smallest absolute Gasteiger partial charge is 0.123 e. The highest BCUT2D eigenvalue weighted by Crippen LogP contribution is 2.29. The Balaban J connectivity index is 2.38. The number of hydrogen-bond acceptors (Lipinski definition) is 4. The minimum absolute atomic E-state index is 0.173. The highest BCUT2D eigenvalue weighted by molar-refractivity contribution is 7.84. The minimum Gasteiger partial charge on any atom is -0.496 e. The quantitative estimate of drug-likeness (QED) is 0.878. The van der Waals surface area contributed by atoms with Gasteiger partial charge in [-0.2, -0.15) is 5.26 Å². The molecule has 0 fully saturated rings. The van der Waals surface area contributed by atoms with E-state index in [4.69, 9.17) is 27.3 Å². The summed E-state index contributed by atoms with van der Waals surface area (Å²) in [6.07, 6.45) is 0. The van der Waals surface area contributed by atoms with Crippen LogP contribution in [0.4, 0.5) is 5.69 Å². The topological polar surface area (TPSA) is 76.1 Å². The summed E-state index contributed by atoms with van der Waals surface area (Å²) in [6, 6.07) is 12.0. The number of methoxy groups -OCH3 is 1. The average Bonchev–Trinajstić information content (AvgIpc) is 2.47. The second kappa shape index (κ2) is 6.61. The van der Waals surface area contributed by atoms with Crippen LogP contribution in [0.5, 0.6) is 5.75 Å². The molecule has 0 aliphatic carbocycles. The van der Waals surface area contributed by atoms with Crippen molar-refractivity contribution >= 4 is 28.1 Å². The lowest BCUT2D eigenvalue weighted by molar-refractivity contribution is 0.411. The van der Waals surface area contributed by atoms with Crippen molar-refractivity contribution in [2.45, 2.75) is 10.6 Å². The Morgan fingerprint density at radius 1 is 1.38 bits per heavy atom. The Morgan fingerprint density at radius 3 is 2.76 bits per heavy atom. The number of benzene rings is 2. The number of anilines is 1. The lowest BCUT2D eigenvalue weighted by Gasteiger charge is -2.11. The van der Waals surface area contributed by atoms with E-state index in [-0.39, 0.29) is 5.75 Å². The minimum atomic E-state index is -1.43. The fraction of sp³-hybridized carbons (Fsp3) is 0.133. The molecule has 0 saturated carbocycles. The fourth-order valence-corrected chi connectivity index (χ4v) is 3.65. The van der Waals surface area contributed by atoms with E-state index in [1.807, 2.05) is 6.07 Å². The predicted molar refractivity (Wildman–Crippen MR) is 83.7 cm³/mol. The first kappa shape index (κ1) is 15.4. The number of nitrogen functional groups attached to an aromatic ring is 1. The number of rotatable bonds is 4. The molecule has 108 valence electrons. The zero-order valence-electron chi connectivity index (χ0n) is 11.3. The summed E-state index contributed by atoms with van der Waals surface area (Å²) in [5, 5.41) is 9.32. The molecule has 21 heavy (non-hydrogen) atoms. The van der Waals surface area contributed by atoms with Crippen molar-refractivity contribution in [2.75, 3.05) is 12.8 Å². The molecule has 1 atom stereocenters. The van der Waals surface area contributed by atoms with Gasteiger partial charge in [-0.1, -0.05) is 17.7 Å². The van der Waals surface area contributed by atoms with Crippen LogP contribution in [-0.2, 0) is 16.6 Å². The van der Waals surface area contributed by atoms with E-state index >= 15 is 0 Å². The van der Waals surface area contributed by atoms with E-state index in [9.17, 15) is 4.21 Å². The molecule has 2 aromatic rings. The van der Waals surface area contributed by atoms with E-state index < -0.39 is 10.8 Å². The van der Waals surface area contributed by atoms with Crippen molar-refractivity contribution in [2.24, 2.45) is 0 Å². The van der Waals surface area contributed by atoms with Gasteiger partial charge in [0.2, 0.25) is 0 Å². The van der Waals surface area contributed by atoms with E-state index in [2.05, 4.69) is 0 Å². The third-order valence-electron chi connectivity index (χ3n) is 2.92. The molecule has 0 heterocycles. The Hall–Kier alpha value is -2.03. The maximum Gasteiger partial charge on any atom is 0.123 e. The van der Waals surface area contributed by atoms with Crippen molar-refractivity contribution in [3.8, 4) is 11.8 Å². The molecule has 0 aromatic heterocycles. The van der Waals surface area contributed by atoms with Crippen LogP contribution in [0.15, 0.2) is 41.3 Å². The van der Waals surface area contributed by atoms with E-state index in [0.717, 1.165) is 0 Å². The molecular formula is C15H13ClN2O2S. The van der Waals surface area contributed by atoms with Crippen LogP contribution >= 0.6 is 11.6 Å². The van der Waals surface area contributed by atoms with Gasteiger partial charge in [0.1, 0.15) is 5.75 Å². The Labute approximate surface area is 130 Å². The highest BCUT2D eigenvalue weighted by atomic mass is 35.5. The van der Waals surface area contributed by atoms with Crippen molar-refractivity contribution in [3.05, 3.63) is 52.5 Å². The number of nitrogens with zero attached hydrogens (tertiary/aromatic N) is 1. The third kappa shape index (κ3) is 3.35. The number of halogens is 1. The van der Waals surface area contributed by atoms with Crippen molar-refractivity contribution in [1.82, 2.24) is 0 Å². The highest BCUT2D eigenvalue weighted by Gasteiger charge is 2.15. The van der Waals surface area contributed by atoms with Crippen LogP contribution in [0.25, 0.3) is 0 Å². The lowest BCUT2D eigenvalue weighted by atomic mass is 10.1. The molecule has 0 bridgehead atoms. The van der Waals surface area contributed by atoms with Gasteiger partial charge in [-0.15, -0.1) is 0 Å². The number of ether oxygens (including phenoxy) is 1. The second-order valence-electron chi connectivity index (χ2n) is 4.29. The van der Waals surface area contributed by atoms with Crippen LogP contribution in [0, 0.1) is 11.3 Å². The van der Waals surface area contributed by atoms with Gasteiger partial charge in [0.05, 0.1) is 45.2 Å². The number of nitriles is 1. The van der Waals surface area contributed by atoms with Crippen LogP contribution in [0.2, 0.25) is 5.02 Å². The van der Waals surface area contributed by atoms with Crippen LogP contribution < -0.4 is 10.5 Å². The standard InChI is InChI=1S/C15H13ClN2O2S/c1-20-14-6-5-10(8-17)7-11(14)9-21(19)15-12(16)3-2-4-13(15)18/h2-7H,9,18H2,1H3. The Morgan fingerprint density at radius 2 is 2.14 bits per heavy atom. The van der Waals surface area contributed by atoms with Crippen molar-refractivity contribution < 1.29 is 8.95 Å². The van der Waals surface area contributed by atoms with E-state index in [0.29, 0.717) is 32.5 Å². The maximum absolute atomic E-state index is 12.5. The molecule has 0 aliphatic heterocycles. The van der Waals surface area contributed by atoms with Crippen LogP contribution in [0.1, 0.15) is 11.1 Å². The molecule has 6 heteroatoms. The van der Waals surface area contributed by atoms with Crippen molar-refractivity contribution in [1.29, 1.82) is 5.26 Å². The summed E-state index contributed by atoms with van der Waals surface area (Å²) in [7, 11) is 0.0994. The van der Waals surface area contributed by atoms with Gasteiger partial charge >= 0.3 is 0 Å². The van der Waals surface area contributed by atoms with Crippen LogP contribution in [-0.4, -0.2) is 11.3 Å². The molecule has 0 saturated heterocycles. The van der Waals surface area contributed by atoms with Gasteiger partial charge in [0.15, 0.2) is 0 Å². The summed E-state index contributed by atoms with van der Waals surface area (Å²) in [5.74, 6) is 0.750. The van der Waals surface area contributed by atoms with E-state index in [1.54, 1.807) is 36.4 Å². The second-order valence-corrected chi connectivity index (χ2v) is 6.08. The SMILES string of the molecule is COc1ccc(C#N)cc1CS(=O)c1c(N)cccc1Cl. The first-order chi connectivity index (χ1) is 10.1. The van der Waals surface area contributed by atoms with Gasteiger partial charge < -0.3 is 10.5 Å². The van der Waals surface area contributed by atoms with Gasteiger partial charge in [-0.25, -0.2) is 0 Å². The summed E-state index contributed by atoms with van der Waals surface area (Å²) >= 11 is 6.07. The van der Waals surface area contributed by atoms with Gasteiger partial charge in [-0.3, -0.25) is 4.21 Å². The normalized spacial score (nSPS) is 11.7. The molecule has 2 rings (SSSR count). The summed E-state index contributed by atoms with van der Waals surface area (Å²) in [5.41, 5.74) is 7.38. The summed E-state index contributed by atoms with van der Waals surface area (Å²) in [6.45, 7) is 0. The van der Waals surface area contributed by atoms with Gasteiger partial charge in [0.25, 0.3) is 0 Å². The maximum atomic E-state index is 12.5. The first-order valence-corrected chi connectivity index (χ1v) is 7.76. The van der Waals surface area contributed by atoms with Gasteiger partial charge in [-0.05, 0) is 30.3 Å². The zero-order valence-corrected chi connectivity index (χ0v) is 12.9. The number of hydrogen-bond donors (Lipinski definition) is 1. The van der Waals surface area contributed by atoms with Crippen molar-refractivity contribution in [3.63, 3.8) is 0 Å². The molecule has 0 amide bonds. The monoisotopic (exact) mass is 320 g/mol. The van der Waals surface area contributed by atoms with E-state index in [1.165, 1.54) is 7.11 Å². The molecule has 0 spiro atoms. The third-order valence-corrected chi connectivity index (χ3v) is 4.83. The fourth-order valence-electron chi connectivity index (χ4n) is 1.94. The molecular weight excluding hydrogens is 308 g/mol. The number of nitrogens with two attached hydrogens (primary N) is 1. The molecule has 2 N–H and O–H groups in total. The average molecular weight is 321 g/mol. The van der Waals surface area contributed by atoms with Crippen LogP contribution in [0.3, 0.4) is 0 Å². The summed E-state index contributed by atoms with van der Waals surface area (Å²) in [4.78, 5) is 0.406. The molecule has 2 aromatic carbocycles. The molecule has 0 radical (unpaired) electrons. The zero-order chi connectivity index (χ0) is 15.4.